The third-order valence-electron chi connectivity index (χ3n) is 2.98. The number of aliphatic hydroxyl groups excluding tert-OH is 1. The summed E-state index contributed by atoms with van der Waals surface area (Å²) in [5.41, 5.74) is -1.21. The Morgan fingerprint density at radius 2 is 1.94 bits per heavy atom. The van der Waals surface area contributed by atoms with E-state index < -0.39 is 34.7 Å². The molecule has 17 heavy (non-hydrogen) atoms. The minimum atomic E-state index is -1.40. The van der Waals surface area contributed by atoms with E-state index in [-0.39, 0.29) is 0 Å². The molecule has 1 aliphatic rings. The molecule has 1 saturated carbocycles. The van der Waals surface area contributed by atoms with Gasteiger partial charge in [-0.15, -0.1) is 5.10 Å². The molecule has 0 aliphatic heterocycles. The first-order valence-corrected chi connectivity index (χ1v) is 5.26. The fraction of sp³-hybridized carbons (Fsp3) is 0.667. The molecule has 8 heteroatoms. The van der Waals surface area contributed by atoms with Gasteiger partial charge in [-0.05, 0) is 25.7 Å². The summed E-state index contributed by atoms with van der Waals surface area (Å²) < 4.78 is 27.4. The van der Waals surface area contributed by atoms with Gasteiger partial charge in [0.1, 0.15) is 0 Å². The minimum absolute atomic E-state index is 0.427. The Hall–Kier alpha value is -1.57. The van der Waals surface area contributed by atoms with Crippen LogP contribution < -0.4 is 0 Å². The molecule has 0 saturated heterocycles. The van der Waals surface area contributed by atoms with Crippen molar-refractivity contribution in [3.05, 3.63) is 22.0 Å². The molecule has 0 atom stereocenters. The van der Waals surface area contributed by atoms with Crippen molar-refractivity contribution < 1.29 is 18.8 Å². The van der Waals surface area contributed by atoms with Crippen LogP contribution >= 0.6 is 0 Å². The molecule has 0 unspecified atom stereocenters. The Kier molecular flexibility index (Phi) is 3.05. The monoisotopic (exact) mass is 247 g/mol. The average molecular weight is 247 g/mol. The molecule has 1 N–H and O–H groups in total. The minimum Gasteiger partial charge on any atom is -0.393 e. The zero-order valence-corrected chi connectivity index (χ0v) is 8.84. The van der Waals surface area contributed by atoms with Crippen molar-refractivity contribution in [2.24, 2.45) is 0 Å². The van der Waals surface area contributed by atoms with Crippen molar-refractivity contribution in [3.8, 4) is 0 Å². The second-order valence-electron chi connectivity index (χ2n) is 4.09. The highest BCUT2D eigenvalue weighted by Crippen LogP contribution is 2.31. The highest BCUT2D eigenvalue weighted by Gasteiger charge is 2.33. The Bertz CT molecular complexity index is 441. The molecule has 0 spiro atoms. The predicted octanol–water partition coefficient (Wildman–Crippen LogP) is 1.55. The molecule has 1 fully saturated rings. The van der Waals surface area contributed by atoms with Crippen molar-refractivity contribution >= 4 is 5.69 Å². The lowest BCUT2D eigenvalue weighted by Gasteiger charge is -2.25. The quantitative estimate of drug-likeness (QED) is 0.635. The molecule has 0 radical (unpaired) electrons. The fourth-order valence-electron chi connectivity index (χ4n) is 2.07. The first-order chi connectivity index (χ1) is 8.00. The van der Waals surface area contributed by atoms with Crippen molar-refractivity contribution in [2.75, 3.05) is 0 Å². The van der Waals surface area contributed by atoms with Crippen LogP contribution in [0, 0.1) is 22.0 Å². The molecule has 2 rings (SSSR count). The maximum Gasteiger partial charge on any atom is 0.379 e. The van der Waals surface area contributed by atoms with Crippen molar-refractivity contribution in [3.63, 3.8) is 0 Å². The van der Waals surface area contributed by atoms with E-state index in [0.717, 1.165) is 4.68 Å². The van der Waals surface area contributed by atoms with E-state index in [1.165, 1.54) is 0 Å². The molecule has 0 bridgehead atoms. The van der Waals surface area contributed by atoms with Crippen LogP contribution in [-0.4, -0.2) is 25.9 Å². The smallest absolute Gasteiger partial charge is 0.379 e. The van der Waals surface area contributed by atoms with E-state index in [0.29, 0.717) is 25.7 Å². The van der Waals surface area contributed by atoms with Crippen molar-refractivity contribution in [1.82, 2.24) is 9.78 Å². The van der Waals surface area contributed by atoms with Gasteiger partial charge in [0.25, 0.3) is 5.95 Å². The lowest BCUT2D eigenvalue weighted by atomic mass is 9.93. The number of nitro groups is 1. The van der Waals surface area contributed by atoms with Crippen LogP contribution in [0.15, 0.2) is 0 Å². The van der Waals surface area contributed by atoms with Crippen LogP contribution in [0.2, 0.25) is 0 Å². The summed E-state index contributed by atoms with van der Waals surface area (Å²) in [5, 5.41) is 22.9. The van der Waals surface area contributed by atoms with Crippen LogP contribution in [0.3, 0.4) is 0 Å². The molecule has 1 heterocycles. The van der Waals surface area contributed by atoms with Crippen LogP contribution in [0.5, 0.6) is 0 Å². The summed E-state index contributed by atoms with van der Waals surface area (Å²) in [6.45, 7) is 0. The number of hydrogen-bond acceptors (Lipinski definition) is 4. The van der Waals surface area contributed by atoms with Gasteiger partial charge < -0.3 is 5.11 Å². The number of rotatable bonds is 2. The van der Waals surface area contributed by atoms with Gasteiger partial charge in [-0.3, -0.25) is 10.1 Å². The van der Waals surface area contributed by atoms with Gasteiger partial charge in [-0.1, -0.05) is 0 Å². The number of hydrogen-bond donors (Lipinski definition) is 1. The first kappa shape index (κ1) is 11.9. The SMILES string of the molecule is O=[N+]([O-])c1c(F)nn(C2CCC(O)CC2)c1F. The van der Waals surface area contributed by atoms with E-state index in [1.807, 2.05) is 0 Å². The van der Waals surface area contributed by atoms with Gasteiger partial charge in [0.2, 0.25) is 0 Å². The molecular weight excluding hydrogens is 236 g/mol. The summed E-state index contributed by atoms with van der Waals surface area (Å²) in [4.78, 5) is 9.30. The molecule has 6 nitrogen and oxygen atoms in total. The molecule has 1 aromatic rings. The normalized spacial score (nSPS) is 24.9. The summed E-state index contributed by atoms with van der Waals surface area (Å²) >= 11 is 0. The lowest BCUT2D eigenvalue weighted by molar-refractivity contribution is -0.390. The van der Waals surface area contributed by atoms with E-state index in [4.69, 9.17) is 0 Å². The maximum atomic E-state index is 13.6. The predicted molar refractivity (Wildman–Crippen MR) is 52.3 cm³/mol. The second kappa shape index (κ2) is 4.36. The van der Waals surface area contributed by atoms with Gasteiger partial charge >= 0.3 is 11.6 Å². The Morgan fingerprint density at radius 3 is 2.41 bits per heavy atom. The van der Waals surface area contributed by atoms with E-state index in [1.54, 1.807) is 0 Å². The highest BCUT2D eigenvalue weighted by molar-refractivity contribution is 5.26. The second-order valence-corrected chi connectivity index (χ2v) is 4.09. The summed E-state index contributed by atoms with van der Waals surface area (Å²) in [6.07, 6.45) is 1.33. The zero-order valence-electron chi connectivity index (χ0n) is 8.84. The maximum absolute atomic E-state index is 13.6. The number of nitrogens with zero attached hydrogens (tertiary/aromatic N) is 3. The van der Waals surface area contributed by atoms with Crippen LogP contribution in [0.4, 0.5) is 14.5 Å². The molecule has 1 aromatic heterocycles. The number of aliphatic hydroxyl groups is 1. The zero-order chi connectivity index (χ0) is 12.6. The Morgan fingerprint density at radius 1 is 1.35 bits per heavy atom. The highest BCUT2D eigenvalue weighted by atomic mass is 19.1. The van der Waals surface area contributed by atoms with Gasteiger partial charge in [0, 0.05) is 0 Å². The number of aromatic nitrogens is 2. The average Bonchev–Trinajstić information content (AvgIpc) is 2.55. The van der Waals surface area contributed by atoms with Gasteiger partial charge in [0.15, 0.2) is 0 Å². The van der Waals surface area contributed by atoms with Gasteiger partial charge in [-0.25, -0.2) is 4.68 Å². The van der Waals surface area contributed by atoms with Crippen LogP contribution in [0.1, 0.15) is 31.7 Å². The molecular formula is C9H11F2N3O3. The fourth-order valence-corrected chi connectivity index (χ4v) is 2.07. The van der Waals surface area contributed by atoms with Gasteiger partial charge in [0.05, 0.1) is 17.1 Å². The van der Waals surface area contributed by atoms with Crippen LogP contribution in [0.25, 0.3) is 0 Å². The Balaban J connectivity index is 2.28. The molecule has 94 valence electrons. The summed E-state index contributed by atoms with van der Waals surface area (Å²) in [5.74, 6) is -2.66. The summed E-state index contributed by atoms with van der Waals surface area (Å²) in [6, 6.07) is -0.429. The molecule has 0 amide bonds. The third-order valence-corrected chi connectivity index (χ3v) is 2.98. The summed E-state index contributed by atoms with van der Waals surface area (Å²) in [7, 11) is 0. The first-order valence-electron chi connectivity index (χ1n) is 5.26. The van der Waals surface area contributed by atoms with Crippen molar-refractivity contribution in [1.29, 1.82) is 0 Å². The number of halogens is 2. The van der Waals surface area contributed by atoms with Crippen LogP contribution in [-0.2, 0) is 0 Å². The lowest BCUT2D eigenvalue weighted by Crippen LogP contribution is -2.22. The molecule has 1 aliphatic carbocycles. The third kappa shape index (κ3) is 2.12. The van der Waals surface area contributed by atoms with E-state index in [9.17, 15) is 24.0 Å². The van der Waals surface area contributed by atoms with E-state index >= 15 is 0 Å². The molecule has 0 aromatic carbocycles. The largest absolute Gasteiger partial charge is 0.393 e. The van der Waals surface area contributed by atoms with Gasteiger partial charge in [-0.2, -0.15) is 8.78 Å². The standard InChI is InChI=1S/C9H11F2N3O3/c10-8-7(14(16)17)9(11)13(12-8)5-1-3-6(15)4-2-5/h5-6,15H,1-4H2. The van der Waals surface area contributed by atoms with Crippen molar-refractivity contribution in [2.45, 2.75) is 37.8 Å². The Labute approximate surface area is 95.0 Å². The topological polar surface area (TPSA) is 81.2 Å². The van der Waals surface area contributed by atoms with E-state index in [2.05, 4.69) is 5.10 Å².